The molecule has 3 unspecified atom stereocenters. The maximum atomic E-state index is 9.99. The van der Waals surface area contributed by atoms with Gasteiger partial charge in [-0.25, -0.2) is 0 Å². The van der Waals surface area contributed by atoms with Gasteiger partial charge >= 0.3 is 0 Å². The molecule has 0 aliphatic heterocycles. The Morgan fingerprint density at radius 1 is 1.17 bits per heavy atom. The average Bonchev–Trinajstić information content (AvgIpc) is 2.77. The second-order valence-corrected chi connectivity index (χ2v) is 9.28. The molecule has 0 heterocycles. The van der Waals surface area contributed by atoms with E-state index in [0.29, 0.717) is 5.92 Å². The lowest BCUT2D eigenvalue weighted by molar-refractivity contribution is -0.0236. The fraction of sp³-hybridized carbons (Fsp3) is 0.593. The summed E-state index contributed by atoms with van der Waals surface area (Å²) in [6, 6.07) is 13.3. The van der Waals surface area contributed by atoms with Crippen LogP contribution in [0.5, 0.6) is 0 Å². The molecule has 2 heteroatoms. The molecule has 29 heavy (non-hydrogen) atoms. The van der Waals surface area contributed by atoms with Gasteiger partial charge in [0.1, 0.15) is 0 Å². The van der Waals surface area contributed by atoms with Gasteiger partial charge in [-0.05, 0) is 55.6 Å². The summed E-state index contributed by atoms with van der Waals surface area (Å²) in [6.45, 7) is 5.34. The third-order valence-electron chi connectivity index (χ3n) is 6.83. The maximum Gasteiger partial charge on any atom is 0.0900 e. The highest BCUT2D eigenvalue weighted by Gasteiger charge is 2.39. The summed E-state index contributed by atoms with van der Waals surface area (Å²) >= 11 is 0. The van der Waals surface area contributed by atoms with Crippen molar-refractivity contribution in [1.82, 2.24) is 0 Å². The number of unbranched alkanes of at least 4 members (excludes halogenated alkanes) is 2. The van der Waals surface area contributed by atoms with Crippen LogP contribution in [0.2, 0.25) is 0 Å². The zero-order chi connectivity index (χ0) is 20.6. The van der Waals surface area contributed by atoms with Crippen LogP contribution in [-0.2, 0) is 4.74 Å². The number of nitriles is 1. The zero-order valence-corrected chi connectivity index (χ0v) is 18.3. The van der Waals surface area contributed by atoms with Gasteiger partial charge in [0, 0.05) is 6.61 Å². The third-order valence-corrected chi connectivity index (χ3v) is 6.83. The molecule has 156 valence electrons. The average molecular weight is 392 g/mol. The van der Waals surface area contributed by atoms with Crippen molar-refractivity contribution >= 4 is 5.57 Å². The van der Waals surface area contributed by atoms with Crippen LogP contribution in [0.4, 0.5) is 0 Å². The van der Waals surface area contributed by atoms with Gasteiger partial charge in [0.05, 0.1) is 17.1 Å². The third kappa shape index (κ3) is 5.83. The fourth-order valence-electron chi connectivity index (χ4n) is 4.99. The Hall–Kier alpha value is -1.85. The normalized spacial score (nSPS) is 29.3. The lowest BCUT2D eigenvalue weighted by Gasteiger charge is -2.39. The Labute approximate surface area is 177 Å². The van der Waals surface area contributed by atoms with Gasteiger partial charge in [0.2, 0.25) is 0 Å². The smallest absolute Gasteiger partial charge is 0.0900 e. The Morgan fingerprint density at radius 3 is 2.66 bits per heavy atom. The van der Waals surface area contributed by atoms with E-state index in [1.165, 1.54) is 36.8 Å². The Bertz CT molecular complexity index is 744. The molecule has 2 aliphatic carbocycles. The van der Waals surface area contributed by atoms with Crippen LogP contribution in [0.1, 0.15) is 83.6 Å². The van der Waals surface area contributed by atoms with E-state index in [0.717, 1.165) is 45.1 Å². The highest BCUT2D eigenvalue weighted by atomic mass is 16.5. The van der Waals surface area contributed by atoms with Gasteiger partial charge in [-0.1, -0.05) is 88.1 Å². The second kappa shape index (κ2) is 10.3. The summed E-state index contributed by atoms with van der Waals surface area (Å²) in [7, 11) is 0. The second-order valence-electron chi connectivity index (χ2n) is 9.28. The molecule has 3 rings (SSSR count). The molecule has 0 saturated heterocycles. The van der Waals surface area contributed by atoms with Gasteiger partial charge in [-0.2, -0.15) is 5.26 Å². The molecule has 0 bridgehead atoms. The van der Waals surface area contributed by atoms with Crippen molar-refractivity contribution in [1.29, 1.82) is 5.26 Å². The first kappa shape index (κ1) is 21.8. The first-order valence-electron chi connectivity index (χ1n) is 11.6. The van der Waals surface area contributed by atoms with Gasteiger partial charge < -0.3 is 4.74 Å². The van der Waals surface area contributed by atoms with E-state index in [9.17, 15) is 5.26 Å². The van der Waals surface area contributed by atoms with Crippen LogP contribution in [0.3, 0.4) is 0 Å². The quantitative estimate of drug-likeness (QED) is 0.409. The summed E-state index contributed by atoms with van der Waals surface area (Å²) in [6.07, 6.45) is 17.7. The number of ether oxygens (including phenoxy) is 1. The van der Waals surface area contributed by atoms with E-state index in [1.54, 1.807) is 0 Å². The molecule has 0 N–H and O–H groups in total. The van der Waals surface area contributed by atoms with Crippen LogP contribution < -0.4 is 0 Å². The monoisotopic (exact) mass is 391 g/mol. The van der Waals surface area contributed by atoms with Crippen molar-refractivity contribution < 1.29 is 4.74 Å². The maximum absolute atomic E-state index is 9.99. The summed E-state index contributed by atoms with van der Waals surface area (Å²) in [5.74, 6) is 0.663. The molecule has 1 saturated carbocycles. The molecule has 2 nitrogen and oxygen atoms in total. The summed E-state index contributed by atoms with van der Waals surface area (Å²) in [5, 5.41) is 9.99. The predicted octanol–water partition coefficient (Wildman–Crippen LogP) is 7.48. The molecule has 1 aromatic rings. The standard InChI is InChI=1S/C27H37NO/c1-3-4-8-20-29-27(19-18-26(22-28)15-9-10-23(2)21-26)16-13-25(14-17-27)24-11-6-5-7-12-24/h5-7,11-14,16,23H,3-4,8-10,15,17-21H2,1-2H3. The molecule has 3 atom stereocenters. The van der Waals surface area contributed by atoms with Crippen molar-refractivity contribution in [3.63, 3.8) is 0 Å². The number of benzene rings is 1. The van der Waals surface area contributed by atoms with Crippen molar-refractivity contribution in [3.8, 4) is 6.07 Å². The Kier molecular flexibility index (Phi) is 7.73. The molecule has 2 aliphatic rings. The molecule has 1 aromatic carbocycles. The van der Waals surface area contributed by atoms with E-state index in [-0.39, 0.29) is 11.0 Å². The van der Waals surface area contributed by atoms with Crippen LogP contribution in [0.15, 0.2) is 48.6 Å². The molecule has 0 amide bonds. The van der Waals surface area contributed by atoms with Gasteiger partial charge in [0.25, 0.3) is 0 Å². The van der Waals surface area contributed by atoms with E-state index >= 15 is 0 Å². The number of hydrogen-bond acceptors (Lipinski definition) is 2. The molecule has 0 spiro atoms. The van der Waals surface area contributed by atoms with Gasteiger partial charge in [-0.3, -0.25) is 0 Å². The van der Waals surface area contributed by atoms with Gasteiger partial charge in [-0.15, -0.1) is 0 Å². The SMILES string of the molecule is CCCCCOC1(CCC2(C#N)CCCC(C)C2)C=CC(c2ccccc2)=CC1. The lowest BCUT2D eigenvalue weighted by atomic mass is 9.67. The van der Waals surface area contributed by atoms with E-state index in [2.05, 4.69) is 68.5 Å². The molecular formula is C27H37NO. The summed E-state index contributed by atoms with van der Waals surface area (Å²) in [5.41, 5.74) is 2.13. The van der Waals surface area contributed by atoms with Crippen LogP contribution >= 0.6 is 0 Å². The first-order chi connectivity index (χ1) is 14.1. The number of nitrogens with zero attached hydrogens (tertiary/aromatic N) is 1. The van der Waals surface area contributed by atoms with E-state index in [1.807, 2.05) is 0 Å². The molecule has 0 radical (unpaired) electrons. The van der Waals surface area contributed by atoms with Gasteiger partial charge in [0.15, 0.2) is 0 Å². The predicted molar refractivity (Wildman–Crippen MR) is 121 cm³/mol. The fourth-order valence-corrected chi connectivity index (χ4v) is 4.99. The molecule has 1 fully saturated rings. The van der Waals surface area contributed by atoms with E-state index in [4.69, 9.17) is 4.74 Å². The van der Waals surface area contributed by atoms with Crippen molar-refractivity contribution in [2.45, 2.75) is 83.7 Å². The highest BCUT2D eigenvalue weighted by molar-refractivity contribution is 5.75. The number of hydrogen-bond donors (Lipinski definition) is 0. The van der Waals surface area contributed by atoms with Crippen molar-refractivity contribution in [3.05, 3.63) is 54.1 Å². The van der Waals surface area contributed by atoms with Crippen molar-refractivity contribution in [2.24, 2.45) is 11.3 Å². The number of allylic oxidation sites excluding steroid dienone is 2. The largest absolute Gasteiger partial charge is 0.371 e. The molecule has 0 aromatic heterocycles. The highest BCUT2D eigenvalue weighted by Crippen LogP contribution is 2.45. The zero-order valence-electron chi connectivity index (χ0n) is 18.3. The topological polar surface area (TPSA) is 33.0 Å². The Balaban J connectivity index is 1.70. The van der Waals surface area contributed by atoms with E-state index < -0.39 is 0 Å². The minimum absolute atomic E-state index is 0.158. The van der Waals surface area contributed by atoms with Crippen LogP contribution in [-0.4, -0.2) is 12.2 Å². The first-order valence-corrected chi connectivity index (χ1v) is 11.6. The minimum Gasteiger partial charge on any atom is -0.371 e. The summed E-state index contributed by atoms with van der Waals surface area (Å²) in [4.78, 5) is 0. The summed E-state index contributed by atoms with van der Waals surface area (Å²) < 4.78 is 6.52. The Morgan fingerprint density at radius 2 is 2.00 bits per heavy atom. The van der Waals surface area contributed by atoms with Crippen LogP contribution in [0, 0.1) is 22.7 Å². The number of rotatable bonds is 9. The van der Waals surface area contributed by atoms with Crippen LogP contribution in [0.25, 0.3) is 5.57 Å². The van der Waals surface area contributed by atoms with Crippen molar-refractivity contribution in [2.75, 3.05) is 6.61 Å². The lowest BCUT2D eigenvalue weighted by Crippen LogP contribution is -2.35. The molecular weight excluding hydrogens is 354 g/mol. The minimum atomic E-state index is -0.253.